The maximum absolute atomic E-state index is 14.4. The van der Waals surface area contributed by atoms with Crippen LogP contribution in [0.1, 0.15) is 46.1 Å². The van der Waals surface area contributed by atoms with Crippen molar-refractivity contribution in [3.63, 3.8) is 0 Å². The number of hydrogen-bond acceptors (Lipinski definition) is 5. The van der Waals surface area contributed by atoms with Gasteiger partial charge in [-0.3, -0.25) is 10.3 Å². The number of nitrogens with two attached hydrogens (primary N) is 1. The third kappa shape index (κ3) is 4.41. The molecule has 3 N–H and O–H groups in total. The van der Waals surface area contributed by atoms with E-state index in [9.17, 15) is 9.18 Å². The van der Waals surface area contributed by atoms with Crippen LogP contribution in [-0.4, -0.2) is 22.6 Å². The summed E-state index contributed by atoms with van der Waals surface area (Å²) in [5.74, 6) is 0.384. The SMILES string of the molecule is CCC1(c2cc(N)ccc2F)CCSC(NC(=O)OC(C)(C)C)=N1. The Morgan fingerprint density at radius 3 is 2.83 bits per heavy atom. The summed E-state index contributed by atoms with van der Waals surface area (Å²) in [5.41, 5.74) is 5.47. The van der Waals surface area contributed by atoms with Gasteiger partial charge in [-0.25, -0.2) is 9.18 Å². The molecule has 0 radical (unpaired) electrons. The highest BCUT2D eigenvalue weighted by atomic mass is 32.2. The van der Waals surface area contributed by atoms with E-state index in [4.69, 9.17) is 10.5 Å². The molecule has 1 amide bonds. The predicted molar refractivity (Wildman–Crippen MR) is 96.7 cm³/mol. The van der Waals surface area contributed by atoms with E-state index in [1.165, 1.54) is 23.9 Å². The van der Waals surface area contributed by atoms with Crippen molar-refractivity contribution in [1.82, 2.24) is 5.32 Å². The molecule has 1 heterocycles. The van der Waals surface area contributed by atoms with Crippen LogP contribution < -0.4 is 11.1 Å². The molecule has 7 heteroatoms. The molecule has 24 heavy (non-hydrogen) atoms. The van der Waals surface area contributed by atoms with Gasteiger partial charge >= 0.3 is 6.09 Å². The van der Waals surface area contributed by atoms with Crippen LogP contribution in [0.3, 0.4) is 0 Å². The predicted octanol–water partition coefficient (Wildman–Crippen LogP) is 4.03. The molecule has 0 saturated carbocycles. The molecule has 1 aliphatic rings. The highest BCUT2D eigenvalue weighted by molar-refractivity contribution is 8.13. The van der Waals surface area contributed by atoms with Gasteiger partial charge in [0.25, 0.3) is 0 Å². The molecule has 1 aromatic rings. The number of nitrogens with one attached hydrogen (secondary N) is 1. The van der Waals surface area contributed by atoms with Crippen molar-refractivity contribution >= 4 is 28.7 Å². The van der Waals surface area contributed by atoms with Gasteiger partial charge in [-0.1, -0.05) is 18.7 Å². The molecule has 1 aliphatic heterocycles. The molecule has 5 nitrogen and oxygen atoms in total. The lowest BCUT2D eigenvalue weighted by molar-refractivity contribution is 0.0564. The summed E-state index contributed by atoms with van der Waals surface area (Å²) in [6, 6.07) is 4.52. The van der Waals surface area contributed by atoms with E-state index >= 15 is 0 Å². The van der Waals surface area contributed by atoms with Crippen molar-refractivity contribution in [2.24, 2.45) is 4.99 Å². The summed E-state index contributed by atoms with van der Waals surface area (Å²) < 4.78 is 19.6. The Morgan fingerprint density at radius 2 is 2.21 bits per heavy atom. The fourth-order valence-corrected chi connectivity index (χ4v) is 3.62. The number of alkyl carbamates (subject to hydrolysis) is 1. The first-order valence-electron chi connectivity index (χ1n) is 7.93. The summed E-state index contributed by atoms with van der Waals surface area (Å²) in [6.07, 6.45) is 0.718. The quantitative estimate of drug-likeness (QED) is 0.787. The standard InChI is InChI=1S/C17H24FN3O2S/c1-5-17(12-10-11(19)6-7-13(12)18)8-9-24-14(21-17)20-15(22)23-16(2,3)4/h6-7,10H,5,8-9,19H2,1-4H3,(H,20,21,22). The van der Waals surface area contributed by atoms with Gasteiger partial charge in [-0.05, 0) is 51.8 Å². The molecule has 2 rings (SSSR count). The molecule has 0 aliphatic carbocycles. The second-order valence-corrected chi connectivity index (χ2v) is 7.85. The van der Waals surface area contributed by atoms with E-state index in [2.05, 4.69) is 10.3 Å². The van der Waals surface area contributed by atoms with E-state index in [0.717, 1.165) is 5.75 Å². The number of rotatable bonds is 2. The van der Waals surface area contributed by atoms with Crippen molar-refractivity contribution in [3.05, 3.63) is 29.6 Å². The second-order valence-electron chi connectivity index (χ2n) is 6.77. The number of benzene rings is 1. The van der Waals surface area contributed by atoms with E-state index in [0.29, 0.717) is 29.3 Å². The highest BCUT2D eigenvalue weighted by Crippen LogP contribution is 2.40. The number of nitrogens with zero attached hydrogens (tertiary/aromatic N) is 1. The minimum atomic E-state index is -0.727. The number of ether oxygens (including phenoxy) is 1. The first-order valence-corrected chi connectivity index (χ1v) is 8.92. The Kier molecular flexibility index (Phi) is 5.42. The van der Waals surface area contributed by atoms with Crippen LogP contribution in [0.4, 0.5) is 14.9 Å². The summed E-state index contributed by atoms with van der Waals surface area (Å²) in [6.45, 7) is 7.33. The molecule has 0 spiro atoms. The lowest BCUT2D eigenvalue weighted by Crippen LogP contribution is -2.39. The molecule has 0 aromatic heterocycles. The average molecular weight is 353 g/mol. The van der Waals surface area contributed by atoms with Crippen LogP contribution in [0.2, 0.25) is 0 Å². The first kappa shape index (κ1) is 18.6. The van der Waals surface area contributed by atoms with Crippen molar-refractivity contribution in [2.75, 3.05) is 11.5 Å². The van der Waals surface area contributed by atoms with Gasteiger partial charge in [-0.2, -0.15) is 0 Å². The third-order valence-electron chi connectivity index (χ3n) is 3.75. The van der Waals surface area contributed by atoms with Crippen molar-refractivity contribution < 1.29 is 13.9 Å². The van der Waals surface area contributed by atoms with Crippen LogP contribution >= 0.6 is 11.8 Å². The van der Waals surface area contributed by atoms with Gasteiger partial charge in [0.2, 0.25) is 0 Å². The Hall–Kier alpha value is -1.76. The number of thioether (sulfide) groups is 1. The molecule has 0 fully saturated rings. The van der Waals surface area contributed by atoms with Gasteiger partial charge in [0.05, 0.1) is 5.54 Å². The normalized spacial score (nSPS) is 21.1. The van der Waals surface area contributed by atoms with E-state index in [1.807, 2.05) is 6.92 Å². The van der Waals surface area contributed by atoms with E-state index in [1.54, 1.807) is 26.8 Å². The number of halogens is 1. The Bertz CT molecular complexity index is 658. The van der Waals surface area contributed by atoms with Crippen LogP contribution in [0, 0.1) is 5.82 Å². The number of amides is 1. The number of carbonyl (C=O) groups is 1. The molecule has 1 aromatic carbocycles. The zero-order valence-electron chi connectivity index (χ0n) is 14.5. The van der Waals surface area contributed by atoms with Gasteiger partial charge in [0.1, 0.15) is 11.4 Å². The van der Waals surface area contributed by atoms with Crippen molar-refractivity contribution in [1.29, 1.82) is 0 Å². The number of hydrogen-bond donors (Lipinski definition) is 2. The molecular formula is C17H24FN3O2S. The van der Waals surface area contributed by atoms with Gasteiger partial charge < -0.3 is 10.5 Å². The summed E-state index contributed by atoms with van der Waals surface area (Å²) in [5, 5.41) is 3.11. The molecule has 1 atom stereocenters. The Balaban J connectivity index is 2.30. The number of aliphatic imine (C=N–C) groups is 1. The molecule has 1 unspecified atom stereocenters. The van der Waals surface area contributed by atoms with Crippen LogP contribution in [0.5, 0.6) is 0 Å². The van der Waals surface area contributed by atoms with Gasteiger partial charge in [-0.15, -0.1) is 0 Å². The molecule has 132 valence electrons. The average Bonchev–Trinajstić information content (AvgIpc) is 2.47. The minimum absolute atomic E-state index is 0.335. The molecule has 0 bridgehead atoms. The fraction of sp³-hybridized carbons (Fsp3) is 0.529. The largest absolute Gasteiger partial charge is 0.444 e. The lowest BCUT2D eigenvalue weighted by atomic mass is 9.84. The van der Waals surface area contributed by atoms with Crippen molar-refractivity contribution in [3.8, 4) is 0 Å². The van der Waals surface area contributed by atoms with Crippen LogP contribution in [-0.2, 0) is 10.3 Å². The van der Waals surface area contributed by atoms with Crippen LogP contribution in [0.25, 0.3) is 0 Å². The fourth-order valence-electron chi connectivity index (χ4n) is 2.59. The number of amidine groups is 1. The number of anilines is 1. The number of nitrogen functional groups attached to an aromatic ring is 1. The first-order chi connectivity index (χ1) is 11.1. The van der Waals surface area contributed by atoms with Crippen LogP contribution in [0.15, 0.2) is 23.2 Å². The minimum Gasteiger partial charge on any atom is -0.444 e. The zero-order valence-corrected chi connectivity index (χ0v) is 15.3. The number of carbonyl (C=O) groups excluding carboxylic acids is 1. The van der Waals surface area contributed by atoms with E-state index < -0.39 is 17.2 Å². The topological polar surface area (TPSA) is 76.7 Å². The molecule has 0 saturated heterocycles. The van der Waals surface area contributed by atoms with Gasteiger partial charge in [0, 0.05) is 17.0 Å². The molecular weight excluding hydrogens is 329 g/mol. The summed E-state index contributed by atoms with van der Waals surface area (Å²) in [7, 11) is 0. The Labute approximate surface area is 146 Å². The summed E-state index contributed by atoms with van der Waals surface area (Å²) >= 11 is 1.42. The van der Waals surface area contributed by atoms with Gasteiger partial charge in [0.15, 0.2) is 5.17 Å². The monoisotopic (exact) mass is 353 g/mol. The lowest BCUT2D eigenvalue weighted by Gasteiger charge is -2.34. The third-order valence-corrected chi connectivity index (χ3v) is 4.63. The Morgan fingerprint density at radius 1 is 1.50 bits per heavy atom. The van der Waals surface area contributed by atoms with Crippen molar-refractivity contribution in [2.45, 2.75) is 51.7 Å². The van der Waals surface area contributed by atoms with E-state index in [-0.39, 0.29) is 5.82 Å². The summed E-state index contributed by atoms with van der Waals surface area (Å²) in [4.78, 5) is 16.6. The highest BCUT2D eigenvalue weighted by Gasteiger charge is 2.36. The maximum Gasteiger partial charge on any atom is 0.413 e. The zero-order chi connectivity index (χ0) is 18.0. The second kappa shape index (κ2) is 7.01. The smallest absolute Gasteiger partial charge is 0.413 e. The maximum atomic E-state index is 14.4.